The molecule has 0 aromatic heterocycles. The lowest BCUT2D eigenvalue weighted by Gasteiger charge is -2.16. The minimum atomic E-state index is 0.441. The van der Waals surface area contributed by atoms with Gasteiger partial charge in [0.05, 0.1) is 11.1 Å². The predicted octanol–water partition coefficient (Wildman–Crippen LogP) is 4.64. The van der Waals surface area contributed by atoms with Crippen LogP contribution in [0.1, 0.15) is 23.6 Å². The number of hydrogen-bond acceptors (Lipinski definition) is 4. The first-order valence-electron chi connectivity index (χ1n) is 8.47. The summed E-state index contributed by atoms with van der Waals surface area (Å²) in [4.78, 5) is 0. The summed E-state index contributed by atoms with van der Waals surface area (Å²) in [5, 5.41) is 3.14. The fourth-order valence-electron chi connectivity index (χ4n) is 2.44. The van der Waals surface area contributed by atoms with Crippen molar-refractivity contribution in [1.29, 1.82) is 0 Å². The third-order valence-corrected chi connectivity index (χ3v) is 4.42. The molecule has 5 heteroatoms. The number of rotatable bonds is 9. The van der Waals surface area contributed by atoms with Crippen LogP contribution in [-0.2, 0) is 6.54 Å². The Balaban J connectivity index is 1.98. The smallest absolute Gasteiger partial charge is 0.175 e. The summed E-state index contributed by atoms with van der Waals surface area (Å²) >= 11 is 3.58. The number of aryl methyl sites for hydroxylation is 2. The molecule has 4 nitrogen and oxygen atoms in total. The molecule has 0 amide bonds. The first-order chi connectivity index (χ1) is 12.0. The molecule has 0 aliphatic heterocycles. The van der Waals surface area contributed by atoms with E-state index in [-0.39, 0.29) is 0 Å². The highest BCUT2D eigenvalue weighted by Gasteiger charge is 2.12. The molecule has 2 aromatic rings. The molecule has 0 heterocycles. The molecule has 2 aromatic carbocycles. The summed E-state index contributed by atoms with van der Waals surface area (Å²) in [7, 11) is 1.92. The van der Waals surface area contributed by atoms with Crippen molar-refractivity contribution in [1.82, 2.24) is 5.32 Å². The summed E-state index contributed by atoms with van der Waals surface area (Å²) in [6.07, 6.45) is 0. The van der Waals surface area contributed by atoms with Crippen LogP contribution in [0.2, 0.25) is 0 Å². The average molecular weight is 408 g/mol. The van der Waals surface area contributed by atoms with Gasteiger partial charge < -0.3 is 19.5 Å². The second-order valence-corrected chi connectivity index (χ2v) is 6.67. The minimum absolute atomic E-state index is 0.441. The van der Waals surface area contributed by atoms with E-state index in [1.165, 1.54) is 11.1 Å². The average Bonchev–Trinajstić information content (AvgIpc) is 2.57. The van der Waals surface area contributed by atoms with Crippen LogP contribution < -0.4 is 19.5 Å². The van der Waals surface area contributed by atoms with E-state index in [1.54, 1.807) is 0 Å². The van der Waals surface area contributed by atoms with E-state index in [9.17, 15) is 0 Å². The molecule has 0 atom stereocenters. The molecule has 0 bridgehead atoms. The van der Waals surface area contributed by atoms with Gasteiger partial charge in [0.2, 0.25) is 0 Å². The first kappa shape index (κ1) is 19.6. The summed E-state index contributed by atoms with van der Waals surface area (Å²) in [6, 6.07) is 10.1. The highest BCUT2D eigenvalue weighted by molar-refractivity contribution is 9.10. The minimum Gasteiger partial charge on any atom is -0.490 e. The van der Waals surface area contributed by atoms with E-state index in [0.29, 0.717) is 25.6 Å². The third-order valence-electron chi connectivity index (χ3n) is 3.83. The van der Waals surface area contributed by atoms with E-state index in [1.807, 2.05) is 38.2 Å². The van der Waals surface area contributed by atoms with Crippen LogP contribution >= 0.6 is 15.9 Å². The van der Waals surface area contributed by atoms with Gasteiger partial charge in [-0.25, -0.2) is 0 Å². The highest BCUT2D eigenvalue weighted by atomic mass is 79.9. The molecule has 0 aliphatic carbocycles. The second kappa shape index (κ2) is 9.68. The van der Waals surface area contributed by atoms with Crippen molar-refractivity contribution >= 4 is 15.9 Å². The molecule has 1 N–H and O–H groups in total. The van der Waals surface area contributed by atoms with E-state index in [2.05, 4.69) is 41.2 Å². The van der Waals surface area contributed by atoms with Gasteiger partial charge in [-0.1, -0.05) is 6.07 Å². The van der Waals surface area contributed by atoms with Gasteiger partial charge in [-0.2, -0.15) is 0 Å². The monoisotopic (exact) mass is 407 g/mol. The number of hydrogen-bond donors (Lipinski definition) is 1. The lowest BCUT2D eigenvalue weighted by atomic mass is 10.1. The number of ether oxygens (including phenoxy) is 3. The van der Waals surface area contributed by atoms with Gasteiger partial charge in [0.1, 0.15) is 19.0 Å². The zero-order valence-electron chi connectivity index (χ0n) is 15.3. The Hall–Kier alpha value is -1.72. The van der Waals surface area contributed by atoms with Crippen molar-refractivity contribution in [2.24, 2.45) is 0 Å². The fraction of sp³-hybridized carbons (Fsp3) is 0.400. The number of benzene rings is 2. The Morgan fingerprint density at radius 1 is 0.960 bits per heavy atom. The van der Waals surface area contributed by atoms with Gasteiger partial charge >= 0.3 is 0 Å². The largest absolute Gasteiger partial charge is 0.490 e. The number of halogens is 1. The van der Waals surface area contributed by atoms with E-state index < -0.39 is 0 Å². The molecule has 0 radical (unpaired) electrons. The van der Waals surface area contributed by atoms with Gasteiger partial charge in [0.25, 0.3) is 0 Å². The van der Waals surface area contributed by atoms with Gasteiger partial charge in [0, 0.05) is 6.54 Å². The van der Waals surface area contributed by atoms with Crippen LogP contribution in [0.4, 0.5) is 0 Å². The summed E-state index contributed by atoms with van der Waals surface area (Å²) in [5.74, 6) is 2.32. The lowest BCUT2D eigenvalue weighted by Crippen LogP contribution is -2.11. The zero-order chi connectivity index (χ0) is 18.2. The molecule has 0 fully saturated rings. The van der Waals surface area contributed by atoms with Gasteiger partial charge in [-0.05, 0) is 84.7 Å². The normalized spacial score (nSPS) is 10.6. The van der Waals surface area contributed by atoms with Crippen molar-refractivity contribution in [3.05, 3.63) is 51.5 Å². The Kier molecular flexibility index (Phi) is 7.59. The van der Waals surface area contributed by atoms with Crippen molar-refractivity contribution in [3.8, 4) is 17.2 Å². The van der Waals surface area contributed by atoms with Crippen LogP contribution in [0.5, 0.6) is 17.2 Å². The van der Waals surface area contributed by atoms with Crippen LogP contribution in [0.15, 0.2) is 34.8 Å². The van der Waals surface area contributed by atoms with Crippen molar-refractivity contribution < 1.29 is 14.2 Å². The van der Waals surface area contributed by atoms with Crippen LogP contribution in [0, 0.1) is 13.8 Å². The number of nitrogens with one attached hydrogen (secondary N) is 1. The molecule has 0 saturated heterocycles. The van der Waals surface area contributed by atoms with Gasteiger partial charge in [-0.15, -0.1) is 0 Å². The highest BCUT2D eigenvalue weighted by Crippen LogP contribution is 2.37. The van der Waals surface area contributed by atoms with Crippen molar-refractivity contribution in [2.75, 3.05) is 26.9 Å². The molecular formula is C20H26BrNO3. The standard InChI is InChI=1S/C20H26BrNO3/c1-5-23-19-12-16(13-22-4)11-18(21)20(19)25-9-8-24-17-7-6-14(2)15(3)10-17/h6-7,10-12,22H,5,8-9,13H2,1-4H3. The lowest BCUT2D eigenvalue weighted by molar-refractivity contribution is 0.207. The first-order valence-corrected chi connectivity index (χ1v) is 9.27. The fourth-order valence-corrected chi connectivity index (χ4v) is 3.04. The maximum Gasteiger partial charge on any atom is 0.175 e. The van der Waals surface area contributed by atoms with E-state index in [0.717, 1.165) is 28.1 Å². The van der Waals surface area contributed by atoms with Crippen LogP contribution in [-0.4, -0.2) is 26.9 Å². The summed E-state index contributed by atoms with van der Waals surface area (Å²) in [6.45, 7) is 8.41. The molecule has 0 unspecified atom stereocenters. The van der Waals surface area contributed by atoms with Gasteiger partial charge in [-0.3, -0.25) is 0 Å². The maximum absolute atomic E-state index is 5.91. The van der Waals surface area contributed by atoms with Crippen molar-refractivity contribution in [2.45, 2.75) is 27.3 Å². The predicted molar refractivity (Wildman–Crippen MR) is 105 cm³/mol. The van der Waals surface area contributed by atoms with E-state index >= 15 is 0 Å². The maximum atomic E-state index is 5.91. The molecule has 136 valence electrons. The van der Waals surface area contributed by atoms with Crippen LogP contribution in [0.25, 0.3) is 0 Å². The summed E-state index contributed by atoms with van der Waals surface area (Å²) in [5.41, 5.74) is 3.62. The Morgan fingerprint density at radius 3 is 2.40 bits per heavy atom. The Bertz CT molecular complexity index is 704. The molecule has 0 saturated carbocycles. The Labute approximate surface area is 158 Å². The zero-order valence-corrected chi connectivity index (χ0v) is 16.9. The Morgan fingerprint density at radius 2 is 1.72 bits per heavy atom. The second-order valence-electron chi connectivity index (χ2n) is 5.81. The third kappa shape index (κ3) is 5.65. The topological polar surface area (TPSA) is 39.7 Å². The molecular weight excluding hydrogens is 382 g/mol. The van der Waals surface area contributed by atoms with Crippen LogP contribution in [0.3, 0.4) is 0 Å². The molecule has 0 spiro atoms. The van der Waals surface area contributed by atoms with Gasteiger partial charge in [0.15, 0.2) is 11.5 Å². The van der Waals surface area contributed by atoms with E-state index in [4.69, 9.17) is 14.2 Å². The van der Waals surface area contributed by atoms with Crippen molar-refractivity contribution in [3.63, 3.8) is 0 Å². The molecule has 25 heavy (non-hydrogen) atoms. The SMILES string of the molecule is CCOc1cc(CNC)cc(Br)c1OCCOc1ccc(C)c(C)c1. The molecule has 0 aliphatic rings. The quantitative estimate of drug-likeness (QED) is 0.614. The molecule has 2 rings (SSSR count). The summed E-state index contributed by atoms with van der Waals surface area (Å²) < 4.78 is 18.3.